The van der Waals surface area contributed by atoms with E-state index in [1.54, 1.807) is 0 Å². The van der Waals surface area contributed by atoms with Crippen LogP contribution in [-0.2, 0) is 0 Å². The van der Waals surface area contributed by atoms with Crippen molar-refractivity contribution in [1.82, 2.24) is 4.90 Å². The van der Waals surface area contributed by atoms with Crippen LogP contribution in [0.1, 0.15) is 77.6 Å². The second-order valence-corrected chi connectivity index (χ2v) is 9.70. The van der Waals surface area contributed by atoms with Crippen LogP contribution in [0.4, 0.5) is 17.1 Å². The monoisotopic (exact) mass is 462 g/mol. The minimum absolute atomic E-state index is 0.923. The third kappa shape index (κ3) is 9.13. The second kappa shape index (κ2) is 15.5. The van der Waals surface area contributed by atoms with Gasteiger partial charge in [0.1, 0.15) is 0 Å². The van der Waals surface area contributed by atoms with Crippen molar-refractivity contribution in [2.75, 3.05) is 43.4 Å². The Bertz CT molecular complexity index is 824. The van der Waals surface area contributed by atoms with Crippen molar-refractivity contribution in [1.29, 1.82) is 0 Å². The van der Waals surface area contributed by atoms with Crippen molar-refractivity contribution in [2.45, 2.75) is 77.6 Å². The van der Waals surface area contributed by atoms with Crippen molar-refractivity contribution in [2.24, 2.45) is 4.99 Å². The summed E-state index contributed by atoms with van der Waals surface area (Å²) in [5.41, 5.74) is 5.58. The molecular weight excluding hydrogens is 416 g/mol. The van der Waals surface area contributed by atoms with Crippen molar-refractivity contribution in [3.8, 4) is 11.1 Å². The predicted octanol–water partition coefficient (Wildman–Crippen LogP) is 8.14. The number of unbranched alkanes of at least 4 members (excludes halogenated alkanes) is 8. The molecule has 1 aliphatic rings. The maximum atomic E-state index is 4.28. The van der Waals surface area contributed by atoms with Gasteiger partial charge in [-0.1, -0.05) is 76.5 Å². The summed E-state index contributed by atoms with van der Waals surface area (Å²) in [5.74, 6) is 0. The van der Waals surface area contributed by atoms with E-state index < -0.39 is 0 Å². The molecule has 1 fully saturated rings. The van der Waals surface area contributed by atoms with Crippen molar-refractivity contribution in [3.05, 3.63) is 42.5 Å². The Morgan fingerprint density at radius 3 is 2.09 bits per heavy atom. The smallest absolute Gasteiger partial charge is 0.0859 e. The number of likely N-dealkylation sites (tertiary alicyclic amines) is 1. The molecule has 1 heterocycles. The highest BCUT2D eigenvalue weighted by molar-refractivity contribution is 5.77. The number of rotatable bonds is 17. The summed E-state index contributed by atoms with van der Waals surface area (Å²) in [6.07, 6.45) is 15.0. The molecule has 4 nitrogen and oxygen atoms in total. The topological polar surface area (TPSA) is 39.7 Å². The molecule has 1 saturated heterocycles. The van der Waals surface area contributed by atoms with Gasteiger partial charge >= 0.3 is 0 Å². The molecule has 0 spiro atoms. The summed E-state index contributed by atoms with van der Waals surface area (Å²) in [6, 6.07) is 15.2. The lowest BCUT2D eigenvalue weighted by molar-refractivity contribution is 0.353. The van der Waals surface area contributed by atoms with E-state index in [-0.39, 0.29) is 0 Å². The zero-order valence-corrected chi connectivity index (χ0v) is 21.5. The molecule has 2 N–H and O–H groups in total. The molecule has 2 aromatic rings. The molecule has 1 aliphatic heterocycles. The van der Waals surface area contributed by atoms with Gasteiger partial charge in [-0.3, -0.25) is 4.99 Å². The molecule has 0 aliphatic carbocycles. The number of hydrogen-bond donors (Lipinski definition) is 2. The van der Waals surface area contributed by atoms with Gasteiger partial charge in [0.25, 0.3) is 0 Å². The van der Waals surface area contributed by atoms with Gasteiger partial charge in [0.2, 0.25) is 0 Å². The Hall–Kier alpha value is -2.33. The first-order valence-corrected chi connectivity index (χ1v) is 13.7. The minimum atomic E-state index is 0.923. The van der Waals surface area contributed by atoms with Crippen molar-refractivity contribution < 1.29 is 0 Å². The molecule has 0 bridgehead atoms. The third-order valence-electron chi connectivity index (χ3n) is 6.94. The highest BCUT2D eigenvalue weighted by atomic mass is 15.1. The minimum Gasteiger partial charge on any atom is -0.385 e. The van der Waals surface area contributed by atoms with Crippen LogP contribution in [0.2, 0.25) is 0 Å². The third-order valence-corrected chi connectivity index (χ3v) is 6.94. The molecular formula is C30H46N4. The molecule has 34 heavy (non-hydrogen) atoms. The van der Waals surface area contributed by atoms with E-state index >= 15 is 0 Å². The van der Waals surface area contributed by atoms with E-state index in [9.17, 15) is 0 Å². The normalized spacial score (nSPS) is 13.8. The number of nitrogens with zero attached hydrogens (tertiary/aromatic N) is 2. The van der Waals surface area contributed by atoms with Gasteiger partial charge in [0, 0.05) is 25.3 Å². The van der Waals surface area contributed by atoms with E-state index in [1.807, 2.05) is 0 Å². The molecule has 0 atom stereocenters. The fraction of sp³-hybridized carbons (Fsp3) is 0.567. The molecule has 0 unspecified atom stereocenters. The summed E-state index contributed by atoms with van der Waals surface area (Å²) in [6.45, 7) is 11.6. The molecule has 4 heteroatoms. The molecule has 3 rings (SSSR count). The van der Waals surface area contributed by atoms with Gasteiger partial charge in [0.05, 0.1) is 11.4 Å². The Morgan fingerprint density at radius 2 is 1.41 bits per heavy atom. The maximum Gasteiger partial charge on any atom is 0.0859 e. The highest BCUT2D eigenvalue weighted by Gasteiger charge is 2.11. The van der Waals surface area contributed by atoms with Gasteiger partial charge in [-0.15, -0.1) is 0 Å². The first kappa shape index (κ1) is 26.3. The second-order valence-electron chi connectivity index (χ2n) is 9.70. The highest BCUT2D eigenvalue weighted by Crippen LogP contribution is 2.31. The van der Waals surface area contributed by atoms with Gasteiger partial charge in [-0.05, 0) is 74.5 Å². The molecule has 186 valence electrons. The lowest BCUT2D eigenvalue weighted by Gasteiger charge is -2.16. The lowest BCUT2D eigenvalue weighted by Crippen LogP contribution is -2.25. The summed E-state index contributed by atoms with van der Waals surface area (Å²) in [5, 5.41) is 7.12. The Balaban J connectivity index is 1.38. The van der Waals surface area contributed by atoms with Crippen molar-refractivity contribution in [3.63, 3.8) is 0 Å². The van der Waals surface area contributed by atoms with Gasteiger partial charge in [-0.25, -0.2) is 0 Å². The first-order chi connectivity index (χ1) is 16.8. The number of hydrogen-bond acceptors (Lipinski definition) is 4. The van der Waals surface area contributed by atoms with Crippen LogP contribution in [0, 0.1) is 0 Å². The summed E-state index contributed by atoms with van der Waals surface area (Å²) >= 11 is 0. The molecule has 0 amide bonds. The van der Waals surface area contributed by atoms with E-state index in [0.29, 0.717) is 0 Å². The number of benzene rings is 2. The van der Waals surface area contributed by atoms with Crippen LogP contribution in [0.25, 0.3) is 11.1 Å². The van der Waals surface area contributed by atoms with Crippen LogP contribution in [0.5, 0.6) is 0 Å². The van der Waals surface area contributed by atoms with Crippen LogP contribution in [0.15, 0.2) is 47.5 Å². The number of anilines is 2. The maximum absolute atomic E-state index is 4.28. The van der Waals surface area contributed by atoms with Crippen LogP contribution >= 0.6 is 0 Å². The molecule has 2 aromatic carbocycles. The zero-order chi connectivity index (χ0) is 23.8. The van der Waals surface area contributed by atoms with Gasteiger partial charge < -0.3 is 15.5 Å². The van der Waals surface area contributed by atoms with E-state index in [0.717, 1.165) is 31.0 Å². The lowest BCUT2D eigenvalue weighted by atomic mass is 10.0. The van der Waals surface area contributed by atoms with Crippen LogP contribution in [0.3, 0.4) is 0 Å². The van der Waals surface area contributed by atoms with Gasteiger partial charge in [-0.2, -0.15) is 0 Å². The fourth-order valence-corrected chi connectivity index (χ4v) is 4.80. The molecule has 0 radical (unpaired) electrons. The number of aliphatic imine (C=N–C) groups is 1. The van der Waals surface area contributed by atoms with E-state index in [2.05, 4.69) is 76.6 Å². The Kier molecular flexibility index (Phi) is 12.0. The average molecular weight is 463 g/mol. The van der Waals surface area contributed by atoms with Crippen LogP contribution in [-0.4, -0.2) is 44.3 Å². The zero-order valence-electron chi connectivity index (χ0n) is 21.5. The quantitative estimate of drug-likeness (QED) is 0.184. The molecule has 0 aromatic heterocycles. The van der Waals surface area contributed by atoms with Crippen LogP contribution < -0.4 is 10.6 Å². The van der Waals surface area contributed by atoms with Crippen molar-refractivity contribution >= 4 is 23.8 Å². The summed E-state index contributed by atoms with van der Waals surface area (Å²) < 4.78 is 0. The average Bonchev–Trinajstić information content (AvgIpc) is 3.39. The standard InChI is InChI=1S/C30H46N4/c1-3-4-5-6-7-8-9-10-11-20-32-28-17-14-26(15-18-28)27-16-19-29(30(25-27)31-2)33-21-24-34-22-12-13-23-34/h14-19,25,32-33H,2-13,20-24H2,1H3. The largest absolute Gasteiger partial charge is 0.385 e. The number of nitrogens with one attached hydrogen (secondary N) is 2. The Morgan fingerprint density at radius 1 is 0.765 bits per heavy atom. The summed E-state index contributed by atoms with van der Waals surface area (Å²) in [4.78, 5) is 6.80. The van der Waals surface area contributed by atoms with E-state index in [4.69, 9.17) is 0 Å². The van der Waals surface area contributed by atoms with E-state index in [1.165, 1.54) is 101 Å². The Labute approximate surface area is 208 Å². The van der Waals surface area contributed by atoms with Gasteiger partial charge in [0.15, 0.2) is 0 Å². The predicted molar refractivity (Wildman–Crippen MR) is 151 cm³/mol. The summed E-state index contributed by atoms with van der Waals surface area (Å²) in [7, 11) is 0. The first-order valence-electron chi connectivity index (χ1n) is 13.7. The SMILES string of the molecule is C=Nc1cc(-c2ccc(NCCCCCCCCCCC)cc2)ccc1NCCN1CCCC1. The fourth-order valence-electron chi connectivity index (χ4n) is 4.80. The molecule has 0 saturated carbocycles.